The molecule has 0 fully saturated rings. The first-order chi connectivity index (χ1) is 9.40. The highest BCUT2D eigenvalue weighted by molar-refractivity contribution is 6.07. The molecule has 7 nitrogen and oxygen atoms in total. The van der Waals surface area contributed by atoms with Gasteiger partial charge in [0.2, 0.25) is 0 Å². The van der Waals surface area contributed by atoms with E-state index in [0.29, 0.717) is 11.4 Å². The van der Waals surface area contributed by atoms with E-state index in [2.05, 4.69) is 10.4 Å². The van der Waals surface area contributed by atoms with Crippen LogP contribution in [0.5, 0.6) is 0 Å². The summed E-state index contributed by atoms with van der Waals surface area (Å²) in [4.78, 5) is 22.6. The summed E-state index contributed by atoms with van der Waals surface area (Å²) in [5, 5.41) is 17.7. The molecule has 0 bridgehead atoms. The minimum atomic E-state index is -0.564. The molecule has 1 aromatic heterocycles. The molecule has 0 aliphatic rings. The normalized spacial score (nSPS) is 10.3. The highest BCUT2D eigenvalue weighted by atomic mass is 16.6. The zero-order chi connectivity index (χ0) is 14.9. The maximum atomic E-state index is 12.2. The zero-order valence-electron chi connectivity index (χ0n) is 11.4. The van der Waals surface area contributed by atoms with Crippen LogP contribution in [0.15, 0.2) is 24.3 Å². The van der Waals surface area contributed by atoms with Gasteiger partial charge in [0.15, 0.2) is 5.82 Å². The number of nitrogens with zero attached hydrogens (tertiary/aromatic N) is 3. The second-order valence-corrected chi connectivity index (χ2v) is 4.47. The van der Waals surface area contributed by atoms with Crippen LogP contribution in [-0.4, -0.2) is 20.6 Å². The van der Waals surface area contributed by atoms with Gasteiger partial charge in [-0.2, -0.15) is 5.10 Å². The van der Waals surface area contributed by atoms with Crippen molar-refractivity contribution >= 4 is 17.4 Å². The van der Waals surface area contributed by atoms with Gasteiger partial charge in [0.05, 0.1) is 4.92 Å². The molecular weight excluding hydrogens is 260 g/mol. The Hall–Kier alpha value is -2.70. The van der Waals surface area contributed by atoms with Crippen molar-refractivity contribution in [3.63, 3.8) is 0 Å². The van der Waals surface area contributed by atoms with E-state index >= 15 is 0 Å². The maximum Gasteiger partial charge on any atom is 0.282 e. The summed E-state index contributed by atoms with van der Waals surface area (Å²) in [6.07, 6.45) is 0. The number of carbonyl (C=O) groups excluding carboxylic acids is 1. The highest BCUT2D eigenvalue weighted by Gasteiger charge is 2.22. The van der Waals surface area contributed by atoms with E-state index in [0.717, 1.165) is 5.69 Å². The van der Waals surface area contributed by atoms with Crippen LogP contribution in [0.1, 0.15) is 21.6 Å². The minimum absolute atomic E-state index is 0.0563. The van der Waals surface area contributed by atoms with Crippen LogP contribution < -0.4 is 5.32 Å². The molecule has 104 valence electrons. The molecule has 2 aromatic rings. The van der Waals surface area contributed by atoms with Gasteiger partial charge in [-0.1, -0.05) is 12.1 Å². The van der Waals surface area contributed by atoms with E-state index in [1.807, 2.05) is 6.92 Å². The van der Waals surface area contributed by atoms with Crippen molar-refractivity contribution in [1.29, 1.82) is 0 Å². The molecule has 2 rings (SSSR count). The number of nitro benzene ring substituents is 1. The van der Waals surface area contributed by atoms with Gasteiger partial charge in [-0.3, -0.25) is 19.6 Å². The number of nitro groups is 1. The first-order valence-corrected chi connectivity index (χ1v) is 5.96. The number of carbonyl (C=O) groups is 1. The highest BCUT2D eigenvalue weighted by Crippen LogP contribution is 2.23. The number of amides is 1. The van der Waals surface area contributed by atoms with Crippen molar-refractivity contribution in [2.75, 3.05) is 5.32 Å². The molecule has 0 atom stereocenters. The standard InChI is InChI=1S/C13H14N4O3/c1-8-5-4-6-10(17(19)20)12(8)13(18)14-11-7-9(2)16(3)15-11/h4-7H,1-3H3,(H,14,15,18). The van der Waals surface area contributed by atoms with Gasteiger partial charge in [-0.05, 0) is 19.4 Å². The number of rotatable bonds is 3. The van der Waals surface area contributed by atoms with Crippen molar-refractivity contribution in [3.05, 3.63) is 51.2 Å². The molecule has 1 amide bonds. The van der Waals surface area contributed by atoms with E-state index < -0.39 is 10.8 Å². The Balaban J connectivity index is 2.36. The summed E-state index contributed by atoms with van der Waals surface area (Å²) in [5.41, 5.74) is 1.26. The summed E-state index contributed by atoms with van der Waals surface area (Å²) in [6.45, 7) is 3.50. The molecule has 0 aliphatic heterocycles. The molecule has 0 radical (unpaired) electrons. The minimum Gasteiger partial charge on any atom is -0.305 e. The lowest BCUT2D eigenvalue weighted by atomic mass is 10.1. The Bertz CT molecular complexity index is 671. The second kappa shape index (κ2) is 5.12. The average molecular weight is 274 g/mol. The molecule has 0 aliphatic carbocycles. The molecule has 0 saturated carbocycles. The number of nitrogens with one attached hydrogen (secondary N) is 1. The summed E-state index contributed by atoms with van der Waals surface area (Å²) in [5.74, 6) is -0.166. The summed E-state index contributed by atoms with van der Waals surface area (Å²) in [6, 6.07) is 6.22. The molecule has 0 spiro atoms. The Kier molecular flexibility index (Phi) is 3.51. The summed E-state index contributed by atoms with van der Waals surface area (Å²) in [7, 11) is 1.75. The monoisotopic (exact) mass is 274 g/mol. The fourth-order valence-electron chi connectivity index (χ4n) is 1.90. The van der Waals surface area contributed by atoms with Gasteiger partial charge in [-0.25, -0.2) is 0 Å². The third-order valence-electron chi connectivity index (χ3n) is 3.03. The SMILES string of the molecule is Cc1cccc([N+](=O)[O-])c1C(=O)Nc1cc(C)n(C)n1. The van der Waals surface area contributed by atoms with Crippen LogP contribution in [0.4, 0.5) is 11.5 Å². The van der Waals surface area contributed by atoms with Crippen molar-refractivity contribution in [1.82, 2.24) is 9.78 Å². The van der Waals surface area contributed by atoms with Crippen molar-refractivity contribution < 1.29 is 9.72 Å². The fraction of sp³-hybridized carbons (Fsp3) is 0.231. The van der Waals surface area contributed by atoms with Gasteiger partial charge < -0.3 is 5.32 Å². The first-order valence-electron chi connectivity index (χ1n) is 5.96. The molecule has 0 unspecified atom stereocenters. The Morgan fingerprint density at radius 2 is 2.10 bits per heavy atom. The molecule has 0 saturated heterocycles. The van der Waals surface area contributed by atoms with Gasteiger partial charge >= 0.3 is 0 Å². The van der Waals surface area contributed by atoms with Gasteiger partial charge in [-0.15, -0.1) is 0 Å². The summed E-state index contributed by atoms with van der Waals surface area (Å²) < 4.78 is 1.61. The van der Waals surface area contributed by atoms with Crippen molar-refractivity contribution in [3.8, 4) is 0 Å². The van der Waals surface area contributed by atoms with Crippen LogP contribution in [0.25, 0.3) is 0 Å². The third-order valence-corrected chi connectivity index (χ3v) is 3.03. The number of aryl methyl sites for hydroxylation is 3. The largest absolute Gasteiger partial charge is 0.305 e. The second-order valence-electron chi connectivity index (χ2n) is 4.47. The lowest BCUT2D eigenvalue weighted by molar-refractivity contribution is -0.385. The van der Waals surface area contributed by atoms with Crippen LogP contribution in [0, 0.1) is 24.0 Å². The smallest absolute Gasteiger partial charge is 0.282 e. The predicted molar refractivity (Wildman–Crippen MR) is 73.7 cm³/mol. The zero-order valence-corrected chi connectivity index (χ0v) is 11.4. The van der Waals surface area contributed by atoms with Gasteiger partial charge in [0.25, 0.3) is 11.6 Å². The average Bonchev–Trinajstić information content (AvgIpc) is 2.67. The van der Waals surface area contributed by atoms with E-state index in [-0.39, 0.29) is 11.3 Å². The predicted octanol–water partition coefficient (Wildman–Crippen LogP) is 2.20. The Morgan fingerprint density at radius 3 is 2.65 bits per heavy atom. The van der Waals surface area contributed by atoms with E-state index in [9.17, 15) is 14.9 Å². The molecular formula is C13H14N4O3. The lowest BCUT2D eigenvalue weighted by Crippen LogP contribution is -2.16. The van der Waals surface area contributed by atoms with E-state index in [1.165, 1.54) is 6.07 Å². The number of hydrogen-bond donors (Lipinski definition) is 1. The van der Waals surface area contributed by atoms with E-state index in [1.54, 1.807) is 36.9 Å². The Morgan fingerprint density at radius 1 is 1.40 bits per heavy atom. The van der Waals surface area contributed by atoms with E-state index in [4.69, 9.17) is 0 Å². The quantitative estimate of drug-likeness (QED) is 0.686. The van der Waals surface area contributed by atoms with Crippen molar-refractivity contribution in [2.45, 2.75) is 13.8 Å². The summed E-state index contributed by atoms with van der Waals surface area (Å²) >= 11 is 0. The molecule has 1 aromatic carbocycles. The maximum absolute atomic E-state index is 12.2. The van der Waals surface area contributed by atoms with Crippen LogP contribution in [0.2, 0.25) is 0 Å². The Labute approximate surface area is 115 Å². The molecule has 1 heterocycles. The molecule has 1 N–H and O–H groups in total. The number of anilines is 1. The van der Waals surface area contributed by atoms with Crippen molar-refractivity contribution in [2.24, 2.45) is 7.05 Å². The third kappa shape index (κ3) is 2.51. The van der Waals surface area contributed by atoms with Crippen LogP contribution in [-0.2, 0) is 7.05 Å². The lowest BCUT2D eigenvalue weighted by Gasteiger charge is -2.06. The number of hydrogen-bond acceptors (Lipinski definition) is 4. The first kappa shape index (κ1) is 13.7. The number of benzene rings is 1. The number of aromatic nitrogens is 2. The van der Waals surface area contributed by atoms with Gasteiger partial charge in [0.1, 0.15) is 5.56 Å². The molecule has 7 heteroatoms. The van der Waals surface area contributed by atoms with Crippen LogP contribution in [0.3, 0.4) is 0 Å². The fourth-order valence-corrected chi connectivity index (χ4v) is 1.90. The van der Waals surface area contributed by atoms with Gasteiger partial charge in [0, 0.05) is 24.9 Å². The molecule has 20 heavy (non-hydrogen) atoms. The van der Waals surface area contributed by atoms with Crippen LogP contribution >= 0.6 is 0 Å². The topological polar surface area (TPSA) is 90.1 Å².